The van der Waals surface area contributed by atoms with Gasteiger partial charge in [0.05, 0.1) is 6.61 Å². The zero-order valence-corrected chi connectivity index (χ0v) is 15.6. The van der Waals surface area contributed by atoms with Crippen LogP contribution in [0.1, 0.15) is 29.5 Å². The normalized spacial score (nSPS) is 15.2. The van der Waals surface area contributed by atoms with Crippen LogP contribution in [0.4, 0.5) is 0 Å². The molecule has 0 spiro atoms. The molecule has 27 heavy (non-hydrogen) atoms. The lowest BCUT2D eigenvalue weighted by Crippen LogP contribution is -2.13. The number of hydrogen-bond acceptors (Lipinski definition) is 2. The van der Waals surface area contributed by atoms with E-state index < -0.39 is 0 Å². The molecule has 3 aromatic carbocycles. The Balaban J connectivity index is 1.24. The lowest BCUT2D eigenvalue weighted by Gasteiger charge is -2.10. The SMILES string of the molecule is [c]1cc2c(cc1CCCOc1ccccc1)OC(CCc1ccccc1)C2. The smallest absolute Gasteiger partial charge is 0.123 e. The van der Waals surface area contributed by atoms with E-state index >= 15 is 0 Å². The Kier molecular flexibility index (Phi) is 5.73. The summed E-state index contributed by atoms with van der Waals surface area (Å²) < 4.78 is 12.0. The molecule has 0 fully saturated rings. The van der Waals surface area contributed by atoms with Gasteiger partial charge in [-0.3, -0.25) is 0 Å². The first-order valence-electron chi connectivity index (χ1n) is 9.79. The van der Waals surface area contributed by atoms with Crippen molar-refractivity contribution in [3.63, 3.8) is 0 Å². The Hall–Kier alpha value is -2.74. The van der Waals surface area contributed by atoms with Crippen LogP contribution in [-0.4, -0.2) is 12.7 Å². The molecule has 0 aromatic heterocycles. The number of rotatable bonds is 8. The van der Waals surface area contributed by atoms with Crippen LogP contribution in [0.5, 0.6) is 11.5 Å². The zero-order chi connectivity index (χ0) is 18.3. The van der Waals surface area contributed by atoms with Gasteiger partial charge in [-0.1, -0.05) is 48.5 Å². The van der Waals surface area contributed by atoms with Gasteiger partial charge < -0.3 is 9.47 Å². The van der Waals surface area contributed by atoms with E-state index in [9.17, 15) is 0 Å². The maximum atomic E-state index is 6.19. The summed E-state index contributed by atoms with van der Waals surface area (Å²) >= 11 is 0. The number of ether oxygens (including phenoxy) is 2. The Morgan fingerprint density at radius 3 is 2.56 bits per heavy atom. The Morgan fingerprint density at radius 2 is 1.74 bits per heavy atom. The minimum atomic E-state index is 0.283. The van der Waals surface area contributed by atoms with Crippen molar-refractivity contribution in [1.29, 1.82) is 0 Å². The standard InChI is InChI=1S/C25H25O2/c1-3-8-20(9-4-1)14-16-24-19-22-15-13-21(18-25(22)27-24)10-7-17-26-23-11-5-2-6-12-23/h1-6,8-9,11-12,15,18,24H,7,10,14,16-17,19H2. The van der Waals surface area contributed by atoms with Gasteiger partial charge in [0.25, 0.3) is 0 Å². The number of aryl methyl sites for hydroxylation is 2. The molecule has 1 atom stereocenters. The van der Waals surface area contributed by atoms with Crippen molar-refractivity contribution < 1.29 is 9.47 Å². The summed E-state index contributed by atoms with van der Waals surface area (Å²) in [7, 11) is 0. The molecular formula is C25H25O2. The van der Waals surface area contributed by atoms with Gasteiger partial charge in [0.15, 0.2) is 0 Å². The van der Waals surface area contributed by atoms with Crippen LogP contribution in [0.3, 0.4) is 0 Å². The summed E-state index contributed by atoms with van der Waals surface area (Å²) in [5.41, 5.74) is 3.87. The highest BCUT2D eigenvalue weighted by atomic mass is 16.5. The van der Waals surface area contributed by atoms with E-state index in [2.05, 4.69) is 48.5 Å². The highest BCUT2D eigenvalue weighted by Gasteiger charge is 2.22. The summed E-state index contributed by atoms with van der Waals surface area (Å²) in [5.74, 6) is 1.98. The molecule has 1 aliphatic heterocycles. The van der Waals surface area contributed by atoms with E-state index in [-0.39, 0.29) is 6.10 Å². The van der Waals surface area contributed by atoms with Crippen molar-refractivity contribution in [3.05, 3.63) is 95.6 Å². The van der Waals surface area contributed by atoms with E-state index in [1.165, 1.54) is 16.7 Å². The molecule has 3 aromatic rings. The summed E-state index contributed by atoms with van der Waals surface area (Å²) in [6.07, 6.45) is 5.33. The average molecular weight is 357 g/mol. The molecule has 1 radical (unpaired) electrons. The minimum Gasteiger partial charge on any atom is -0.494 e. The van der Waals surface area contributed by atoms with Crippen LogP contribution >= 0.6 is 0 Å². The molecule has 1 aliphatic rings. The van der Waals surface area contributed by atoms with Crippen molar-refractivity contribution in [3.8, 4) is 11.5 Å². The zero-order valence-electron chi connectivity index (χ0n) is 15.6. The first-order valence-corrected chi connectivity index (χ1v) is 9.79. The van der Waals surface area contributed by atoms with E-state index in [4.69, 9.17) is 9.47 Å². The third-order valence-corrected chi connectivity index (χ3v) is 5.00. The van der Waals surface area contributed by atoms with Gasteiger partial charge in [-0.25, -0.2) is 0 Å². The van der Waals surface area contributed by atoms with Crippen LogP contribution in [0, 0.1) is 6.07 Å². The van der Waals surface area contributed by atoms with Crippen LogP contribution in [0.2, 0.25) is 0 Å². The Morgan fingerprint density at radius 1 is 0.963 bits per heavy atom. The lowest BCUT2D eigenvalue weighted by atomic mass is 10.0. The summed E-state index contributed by atoms with van der Waals surface area (Å²) in [5, 5.41) is 0. The molecule has 0 amide bonds. The molecule has 0 saturated heterocycles. The minimum absolute atomic E-state index is 0.283. The molecule has 0 N–H and O–H groups in total. The molecule has 2 heteroatoms. The Bertz CT molecular complexity index is 843. The predicted octanol–water partition coefficient (Wildman–Crippen LogP) is 5.43. The lowest BCUT2D eigenvalue weighted by molar-refractivity contribution is 0.221. The highest BCUT2D eigenvalue weighted by molar-refractivity contribution is 5.40. The van der Waals surface area contributed by atoms with Gasteiger partial charge >= 0.3 is 0 Å². The van der Waals surface area contributed by atoms with E-state index in [0.717, 1.165) is 50.2 Å². The molecule has 1 unspecified atom stereocenters. The topological polar surface area (TPSA) is 18.5 Å². The Labute approximate surface area is 161 Å². The number of fused-ring (bicyclic) bond motifs is 1. The third kappa shape index (κ3) is 4.91. The van der Waals surface area contributed by atoms with Crippen LogP contribution < -0.4 is 9.47 Å². The molecule has 2 nitrogen and oxygen atoms in total. The fourth-order valence-corrected chi connectivity index (χ4v) is 3.53. The highest BCUT2D eigenvalue weighted by Crippen LogP contribution is 2.31. The van der Waals surface area contributed by atoms with Gasteiger partial charge in [-0.05, 0) is 72.7 Å². The first kappa shape index (κ1) is 17.7. The second-order valence-electron chi connectivity index (χ2n) is 7.08. The van der Waals surface area contributed by atoms with E-state index in [1.54, 1.807) is 0 Å². The van der Waals surface area contributed by atoms with Gasteiger partial charge in [0.1, 0.15) is 17.6 Å². The van der Waals surface area contributed by atoms with Gasteiger partial charge in [-0.15, -0.1) is 0 Å². The quantitative estimate of drug-likeness (QED) is 0.500. The van der Waals surface area contributed by atoms with Crippen molar-refractivity contribution >= 4 is 0 Å². The van der Waals surface area contributed by atoms with Crippen LogP contribution in [0.15, 0.2) is 72.8 Å². The molecular weight excluding hydrogens is 332 g/mol. The fraction of sp³-hybridized carbons (Fsp3) is 0.280. The van der Waals surface area contributed by atoms with E-state index in [0.29, 0.717) is 0 Å². The third-order valence-electron chi connectivity index (χ3n) is 5.00. The monoisotopic (exact) mass is 357 g/mol. The van der Waals surface area contributed by atoms with Crippen molar-refractivity contribution in [2.24, 2.45) is 0 Å². The fourth-order valence-electron chi connectivity index (χ4n) is 3.53. The molecule has 0 aliphatic carbocycles. The number of para-hydroxylation sites is 1. The maximum absolute atomic E-state index is 6.19. The molecule has 0 bridgehead atoms. The van der Waals surface area contributed by atoms with Crippen molar-refractivity contribution in [2.45, 2.75) is 38.2 Å². The van der Waals surface area contributed by atoms with Gasteiger partial charge in [0.2, 0.25) is 0 Å². The molecule has 1 heterocycles. The van der Waals surface area contributed by atoms with Crippen LogP contribution in [0.25, 0.3) is 0 Å². The number of benzene rings is 3. The molecule has 137 valence electrons. The second-order valence-corrected chi connectivity index (χ2v) is 7.08. The molecule has 0 saturated carbocycles. The average Bonchev–Trinajstić information content (AvgIpc) is 3.13. The predicted molar refractivity (Wildman–Crippen MR) is 108 cm³/mol. The van der Waals surface area contributed by atoms with E-state index in [1.807, 2.05) is 30.3 Å². The molecule has 4 rings (SSSR count). The summed E-state index contributed by atoms with van der Waals surface area (Å²) in [6.45, 7) is 0.718. The van der Waals surface area contributed by atoms with Crippen molar-refractivity contribution in [1.82, 2.24) is 0 Å². The maximum Gasteiger partial charge on any atom is 0.123 e. The first-order chi connectivity index (χ1) is 13.4. The largest absolute Gasteiger partial charge is 0.494 e. The van der Waals surface area contributed by atoms with Gasteiger partial charge in [-0.2, -0.15) is 0 Å². The van der Waals surface area contributed by atoms with Gasteiger partial charge in [0, 0.05) is 6.42 Å². The summed E-state index contributed by atoms with van der Waals surface area (Å²) in [4.78, 5) is 0. The second kappa shape index (κ2) is 8.77. The van der Waals surface area contributed by atoms with Crippen molar-refractivity contribution in [2.75, 3.05) is 6.61 Å². The number of hydrogen-bond donors (Lipinski definition) is 0. The van der Waals surface area contributed by atoms with Crippen LogP contribution in [-0.2, 0) is 19.3 Å². The summed E-state index contributed by atoms with van der Waals surface area (Å²) in [6, 6.07) is 28.3.